The van der Waals surface area contributed by atoms with Crippen LogP contribution in [-0.2, 0) is 20.9 Å². The molecule has 3 amide bonds. The molecule has 2 fully saturated rings. The van der Waals surface area contributed by atoms with E-state index < -0.39 is 11.1 Å². The maximum absolute atomic E-state index is 13.0. The number of fused-ring (bicyclic) bond motifs is 1. The molecule has 0 saturated carbocycles. The van der Waals surface area contributed by atoms with Crippen molar-refractivity contribution >= 4 is 57.3 Å². The number of thioether (sulfide) groups is 1. The number of morpholine rings is 1. The van der Waals surface area contributed by atoms with E-state index in [2.05, 4.69) is 0 Å². The molecule has 2 aliphatic heterocycles. The number of benzene rings is 3. The van der Waals surface area contributed by atoms with Crippen molar-refractivity contribution in [2.45, 2.75) is 13.5 Å². The van der Waals surface area contributed by atoms with Gasteiger partial charge < -0.3 is 19.1 Å². The summed E-state index contributed by atoms with van der Waals surface area (Å²) >= 11 is 7.42. The van der Waals surface area contributed by atoms with Gasteiger partial charge in [0.2, 0.25) is 5.91 Å². The summed E-state index contributed by atoms with van der Waals surface area (Å²) < 4.78 is 17.2. The van der Waals surface area contributed by atoms with E-state index in [9.17, 15) is 14.4 Å². The minimum atomic E-state index is -0.517. The van der Waals surface area contributed by atoms with Gasteiger partial charge in [-0.05, 0) is 58.8 Å². The number of amides is 3. The van der Waals surface area contributed by atoms with E-state index in [1.54, 1.807) is 23.1 Å². The quantitative estimate of drug-likeness (QED) is 0.339. The number of carbonyl (C=O) groups excluding carboxylic acids is 3. The van der Waals surface area contributed by atoms with Crippen LogP contribution in [-0.4, -0.2) is 66.3 Å². The second-order valence-electron chi connectivity index (χ2n) is 8.95. The predicted molar refractivity (Wildman–Crippen MR) is 151 cm³/mol. The maximum Gasteiger partial charge on any atom is 0.294 e. The minimum absolute atomic E-state index is 0.206. The second kappa shape index (κ2) is 12.1. The van der Waals surface area contributed by atoms with Crippen molar-refractivity contribution in [2.24, 2.45) is 0 Å². The first-order valence-electron chi connectivity index (χ1n) is 12.6. The lowest BCUT2D eigenvalue weighted by Gasteiger charge is -2.28. The van der Waals surface area contributed by atoms with Crippen LogP contribution in [0, 0.1) is 0 Å². The van der Waals surface area contributed by atoms with Crippen LogP contribution in [0.2, 0.25) is 5.02 Å². The van der Waals surface area contributed by atoms with E-state index in [1.165, 1.54) is 0 Å². The van der Waals surface area contributed by atoms with Gasteiger partial charge in [-0.3, -0.25) is 19.3 Å². The fourth-order valence-electron chi connectivity index (χ4n) is 4.48. The minimum Gasteiger partial charge on any atom is -0.490 e. The van der Waals surface area contributed by atoms with E-state index in [0.717, 1.165) is 33.0 Å². The van der Waals surface area contributed by atoms with Crippen LogP contribution >= 0.6 is 23.4 Å². The first-order chi connectivity index (χ1) is 18.9. The van der Waals surface area contributed by atoms with Gasteiger partial charge in [-0.25, -0.2) is 0 Å². The highest BCUT2D eigenvalue weighted by Gasteiger charge is 2.37. The number of ether oxygens (including phenoxy) is 3. The van der Waals surface area contributed by atoms with Crippen molar-refractivity contribution in [3.63, 3.8) is 0 Å². The topological polar surface area (TPSA) is 85.4 Å². The van der Waals surface area contributed by atoms with E-state index in [-0.39, 0.29) is 24.0 Å². The van der Waals surface area contributed by atoms with E-state index in [0.29, 0.717) is 55.0 Å². The molecule has 3 aromatic rings. The Balaban J connectivity index is 1.34. The van der Waals surface area contributed by atoms with Crippen LogP contribution < -0.4 is 9.47 Å². The van der Waals surface area contributed by atoms with Gasteiger partial charge in [-0.15, -0.1) is 0 Å². The van der Waals surface area contributed by atoms with Gasteiger partial charge in [-0.1, -0.05) is 54.1 Å². The Morgan fingerprint density at radius 1 is 1.08 bits per heavy atom. The highest BCUT2D eigenvalue weighted by Crippen LogP contribution is 2.40. The number of imide groups is 1. The first-order valence-corrected chi connectivity index (χ1v) is 13.8. The number of rotatable bonds is 8. The summed E-state index contributed by atoms with van der Waals surface area (Å²) in [6, 6.07) is 17.5. The van der Waals surface area contributed by atoms with Crippen molar-refractivity contribution in [3.8, 4) is 11.5 Å². The van der Waals surface area contributed by atoms with Gasteiger partial charge in [0.15, 0.2) is 11.5 Å². The molecule has 10 heteroatoms. The zero-order chi connectivity index (χ0) is 27.4. The maximum atomic E-state index is 13.0. The zero-order valence-electron chi connectivity index (χ0n) is 21.4. The van der Waals surface area contributed by atoms with Crippen molar-refractivity contribution < 1.29 is 28.6 Å². The van der Waals surface area contributed by atoms with E-state index in [4.69, 9.17) is 25.8 Å². The zero-order valence-corrected chi connectivity index (χ0v) is 22.9. The highest BCUT2D eigenvalue weighted by atomic mass is 35.5. The number of halogens is 1. The van der Waals surface area contributed by atoms with Gasteiger partial charge in [0.25, 0.3) is 11.1 Å². The Morgan fingerprint density at radius 2 is 1.85 bits per heavy atom. The molecule has 0 radical (unpaired) electrons. The molecular formula is C29H27ClN2O6S. The number of nitrogens with zero attached hydrogens (tertiary/aromatic N) is 2. The number of hydrogen-bond donors (Lipinski definition) is 0. The molecule has 2 aliphatic rings. The smallest absolute Gasteiger partial charge is 0.294 e. The molecule has 0 spiro atoms. The first kappa shape index (κ1) is 27.1. The molecule has 2 heterocycles. The Labute approximate surface area is 235 Å². The lowest BCUT2D eigenvalue weighted by Crippen LogP contribution is -2.46. The third-order valence-electron chi connectivity index (χ3n) is 6.41. The van der Waals surface area contributed by atoms with Gasteiger partial charge in [0.05, 0.1) is 29.7 Å². The molecule has 39 heavy (non-hydrogen) atoms. The Morgan fingerprint density at radius 3 is 2.64 bits per heavy atom. The predicted octanol–water partition coefficient (Wildman–Crippen LogP) is 5.37. The largest absolute Gasteiger partial charge is 0.490 e. The summed E-state index contributed by atoms with van der Waals surface area (Å²) in [5, 5.41) is 2.03. The van der Waals surface area contributed by atoms with Crippen LogP contribution in [0.25, 0.3) is 16.8 Å². The summed E-state index contributed by atoms with van der Waals surface area (Å²) in [5.41, 5.74) is 1.59. The SMILES string of the molecule is CCOc1cc(/C=C2/SC(=O)N(CC(=O)N3CCOCC3)C2=O)cc(Cl)c1OCc1cccc2ccccc12. The van der Waals surface area contributed by atoms with E-state index >= 15 is 0 Å². The number of carbonyl (C=O) groups is 3. The lowest BCUT2D eigenvalue weighted by molar-refractivity contribution is -0.139. The third kappa shape index (κ3) is 6.06. The van der Waals surface area contributed by atoms with Crippen LogP contribution in [0.1, 0.15) is 18.1 Å². The third-order valence-corrected chi connectivity index (χ3v) is 7.60. The van der Waals surface area contributed by atoms with Gasteiger partial charge in [0, 0.05) is 13.1 Å². The summed E-state index contributed by atoms with van der Waals surface area (Å²) in [6.45, 7) is 3.99. The summed E-state index contributed by atoms with van der Waals surface area (Å²) in [7, 11) is 0. The summed E-state index contributed by atoms with van der Waals surface area (Å²) in [5.74, 6) is 0.0271. The van der Waals surface area contributed by atoms with Crippen molar-refractivity contribution in [2.75, 3.05) is 39.5 Å². The average Bonchev–Trinajstić information content (AvgIpc) is 3.20. The molecule has 0 aliphatic carbocycles. The highest BCUT2D eigenvalue weighted by molar-refractivity contribution is 8.18. The molecule has 202 valence electrons. The normalized spacial score (nSPS) is 16.8. The Hall–Kier alpha value is -3.53. The van der Waals surface area contributed by atoms with Gasteiger partial charge >= 0.3 is 0 Å². The molecule has 0 atom stereocenters. The van der Waals surface area contributed by atoms with Crippen molar-refractivity contribution in [1.82, 2.24) is 9.80 Å². The summed E-state index contributed by atoms with van der Waals surface area (Å²) in [4.78, 5) is 40.9. The molecule has 0 unspecified atom stereocenters. The van der Waals surface area contributed by atoms with Crippen molar-refractivity contribution in [1.29, 1.82) is 0 Å². The fraction of sp³-hybridized carbons (Fsp3) is 0.276. The second-order valence-corrected chi connectivity index (χ2v) is 10.4. The van der Waals surface area contributed by atoms with E-state index in [1.807, 2.05) is 49.4 Å². The van der Waals surface area contributed by atoms with Gasteiger partial charge in [-0.2, -0.15) is 0 Å². The van der Waals surface area contributed by atoms with Crippen LogP contribution in [0.15, 0.2) is 59.5 Å². The van der Waals surface area contributed by atoms with Gasteiger partial charge in [0.1, 0.15) is 13.2 Å². The molecule has 3 aromatic carbocycles. The summed E-state index contributed by atoms with van der Waals surface area (Å²) in [6.07, 6.45) is 1.58. The molecule has 2 saturated heterocycles. The molecular weight excluding hydrogens is 540 g/mol. The Bertz CT molecular complexity index is 1450. The molecule has 0 bridgehead atoms. The van der Waals surface area contributed by atoms with Crippen LogP contribution in [0.4, 0.5) is 4.79 Å². The van der Waals surface area contributed by atoms with Crippen LogP contribution in [0.3, 0.4) is 0 Å². The standard InChI is InChI=1S/C29H27ClN2O6S/c1-2-37-24-15-19(14-23(30)27(24)38-18-21-8-5-7-20-6-3-4-9-22(20)21)16-25-28(34)32(29(35)39-25)17-26(33)31-10-12-36-13-11-31/h3-9,14-16H,2,10-13,17-18H2,1H3/b25-16+. The average molecular weight is 567 g/mol. The van der Waals surface area contributed by atoms with Crippen molar-refractivity contribution in [3.05, 3.63) is 75.7 Å². The van der Waals surface area contributed by atoms with Crippen LogP contribution in [0.5, 0.6) is 11.5 Å². The fourth-order valence-corrected chi connectivity index (χ4v) is 5.59. The number of hydrogen-bond acceptors (Lipinski definition) is 7. The Kier molecular flexibility index (Phi) is 8.40. The monoisotopic (exact) mass is 566 g/mol. The molecule has 0 N–H and O–H groups in total. The lowest BCUT2D eigenvalue weighted by atomic mass is 10.1. The molecule has 5 rings (SSSR count). The molecule has 0 aromatic heterocycles. The molecule has 8 nitrogen and oxygen atoms in total.